The Morgan fingerprint density at radius 2 is 0.867 bits per heavy atom. The first-order valence-electron chi connectivity index (χ1n) is 19.4. The summed E-state index contributed by atoms with van der Waals surface area (Å²) in [4.78, 5) is 25.3. The summed E-state index contributed by atoms with van der Waals surface area (Å²) in [7, 11) is 0. The van der Waals surface area contributed by atoms with E-state index in [0.717, 1.165) is 44.8 Å². The fourth-order valence-corrected chi connectivity index (χ4v) is 7.63. The summed E-state index contributed by atoms with van der Waals surface area (Å²) in [5.74, 6) is 1.78. The number of halogens is 3. The lowest BCUT2D eigenvalue weighted by molar-refractivity contribution is -0.137. The predicted octanol–water partition coefficient (Wildman–Crippen LogP) is 13.1. The molecule has 3 heterocycles. The van der Waals surface area contributed by atoms with E-state index in [1.54, 1.807) is 6.07 Å². The van der Waals surface area contributed by atoms with Crippen molar-refractivity contribution in [3.05, 3.63) is 193 Å². The van der Waals surface area contributed by atoms with E-state index >= 15 is 0 Å². The van der Waals surface area contributed by atoms with Crippen molar-refractivity contribution in [3.63, 3.8) is 0 Å². The van der Waals surface area contributed by atoms with Crippen LogP contribution < -0.4 is 0 Å². The Kier molecular flexibility index (Phi) is 9.06. The van der Waals surface area contributed by atoms with Crippen LogP contribution in [0.2, 0.25) is 0 Å². The molecule has 0 unspecified atom stereocenters. The fraction of sp³-hybridized carbons (Fsp3) is 0.0392. The van der Waals surface area contributed by atoms with Crippen LogP contribution in [-0.2, 0) is 6.18 Å². The number of aromatic nitrogens is 6. The zero-order valence-corrected chi connectivity index (χ0v) is 32.1. The third kappa shape index (κ3) is 6.86. The Morgan fingerprint density at radius 1 is 0.400 bits per heavy atom. The zero-order chi connectivity index (χ0) is 40.8. The van der Waals surface area contributed by atoms with Crippen LogP contribution in [0.5, 0.6) is 0 Å². The van der Waals surface area contributed by atoms with Gasteiger partial charge in [-0.2, -0.15) is 13.2 Å². The third-order valence-corrected chi connectivity index (χ3v) is 10.6. The van der Waals surface area contributed by atoms with Gasteiger partial charge in [0.05, 0.1) is 33.7 Å². The highest BCUT2D eigenvalue weighted by molar-refractivity contribution is 6.10. The van der Waals surface area contributed by atoms with Crippen LogP contribution in [0.25, 0.3) is 95.6 Å². The van der Waals surface area contributed by atoms with Gasteiger partial charge in [0.2, 0.25) is 0 Å². The molecule has 0 saturated carbocycles. The van der Waals surface area contributed by atoms with Crippen LogP contribution in [-0.4, -0.2) is 29.5 Å². The quantitative estimate of drug-likeness (QED) is 0.161. The molecular formula is C51H33F3N6. The first-order valence-corrected chi connectivity index (χ1v) is 19.4. The second kappa shape index (κ2) is 14.9. The van der Waals surface area contributed by atoms with Gasteiger partial charge in [-0.1, -0.05) is 140 Å². The minimum absolute atomic E-state index is 0.377. The zero-order valence-electron chi connectivity index (χ0n) is 32.1. The van der Waals surface area contributed by atoms with Crippen molar-refractivity contribution in [3.8, 4) is 73.8 Å². The number of aryl methyl sites for hydroxylation is 1. The predicted molar refractivity (Wildman–Crippen MR) is 232 cm³/mol. The molecular weight excluding hydrogens is 754 g/mol. The molecule has 0 radical (unpaired) electrons. The Labute approximate surface area is 343 Å². The van der Waals surface area contributed by atoms with Gasteiger partial charge < -0.3 is 4.57 Å². The molecule has 288 valence electrons. The number of hydrogen-bond donors (Lipinski definition) is 0. The minimum Gasteiger partial charge on any atom is -0.308 e. The number of rotatable bonds is 7. The van der Waals surface area contributed by atoms with Gasteiger partial charge in [0.15, 0.2) is 23.3 Å². The van der Waals surface area contributed by atoms with Gasteiger partial charge in [-0.05, 0) is 55.0 Å². The van der Waals surface area contributed by atoms with Gasteiger partial charge in [0.25, 0.3) is 0 Å². The van der Waals surface area contributed by atoms with Crippen molar-refractivity contribution in [2.24, 2.45) is 0 Å². The lowest BCUT2D eigenvalue weighted by atomic mass is 10.0. The molecule has 0 aliphatic heterocycles. The van der Waals surface area contributed by atoms with Gasteiger partial charge in [-0.15, -0.1) is 0 Å². The Bertz CT molecular complexity index is 3070. The second-order valence-electron chi connectivity index (χ2n) is 14.5. The highest BCUT2D eigenvalue weighted by Crippen LogP contribution is 2.41. The monoisotopic (exact) mass is 786 g/mol. The van der Waals surface area contributed by atoms with E-state index in [4.69, 9.17) is 24.9 Å². The highest BCUT2D eigenvalue weighted by Gasteiger charge is 2.32. The SMILES string of the molecule is Cc1ccc2c3ccc(C(F)(F)F)cc3n(-c3ccc(-c4nc(-c5ccccc5)nc(-c5ccccc5)n4)cc3-c3nc(-c4ccccc4)cc(-c4ccccc4)n3)c2c1. The smallest absolute Gasteiger partial charge is 0.308 e. The van der Waals surface area contributed by atoms with Crippen molar-refractivity contribution in [2.45, 2.75) is 13.1 Å². The molecule has 0 fully saturated rings. The molecule has 0 atom stereocenters. The van der Waals surface area contributed by atoms with E-state index in [1.165, 1.54) is 6.07 Å². The molecule has 6 nitrogen and oxygen atoms in total. The maximum Gasteiger partial charge on any atom is 0.416 e. The minimum atomic E-state index is -4.55. The lowest BCUT2D eigenvalue weighted by Gasteiger charge is -2.17. The number of nitrogens with zero attached hydrogens (tertiary/aromatic N) is 6. The number of benzene rings is 7. The number of alkyl halides is 3. The largest absolute Gasteiger partial charge is 0.416 e. The van der Waals surface area contributed by atoms with Crippen LogP contribution in [0.15, 0.2) is 182 Å². The van der Waals surface area contributed by atoms with Gasteiger partial charge in [0, 0.05) is 44.2 Å². The molecule has 60 heavy (non-hydrogen) atoms. The first-order chi connectivity index (χ1) is 29.3. The van der Waals surface area contributed by atoms with E-state index in [9.17, 15) is 13.2 Å². The van der Waals surface area contributed by atoms with E-state index in [1.807, 2.05) is 175 Å². The molecule has 10 rings (SSSR count). The van der Waals surface area contributed by atoms with Crippen LogP contribution in [0, 0.1) is 6.92 Å². The lowest BCUT2D eigenvalue weighted by Crippen LogP contribution is -2.06. The topological polar surface area (TPSA) is 69.4 Å². The van der Waals surface area contributed by atoms with Gasteiger partial charge >= 0.3 is 6.18 Å². The molecule has 3 aromatic heterocycles. The first kappa shape index (κ1) is 36.6. The number of fused-ring (bicyclic) bond motifs is 3. The van der Waals surface area contributed by atoms with Crippen LogP contribution in [0.1, 0.15) is 11.1 Å². The molecule has 0 aliphatic rings. The Balaban J connectivity index is 1.29. The maximum absolute atomic E-state index is 14.4. The second-order valence-corrected chi connectivity index (χ2v) is 14.5. The summed E-state index contributed by atoms with van der Waals surface area (Å²) in [5.41, 5.74) is 7.97. The van der Waals surface area contributed by atoms with E-state index in [2.05, 4.69) is 0 Å². The highest BCUT2D eigenvalue weighted by atomic mass is 19.4. The molecule has 0 N–H and O–H groups in total. The van der Waals surface area contributed by atoms with E-state index in [-0.39, 0.29) is 0 Å². The Morgan fingerprint density at radius 3 is 1.38 bits per heavy atom. The third-order valence-electron chi connectivity index (χ3n) is 10.6. The fourth-order valence-electron chi connectivity index (χ4n) is 7.63. The summed E-state index contributed by atoms with van der Waals surface area (Å²) >= 11 is 0. The molecule has 0 saturated heterocycles. The molecule has 0 aliphatic carbocycles. The average Bonchev–Trinajstić information content (AvgIpc) is 3.62. The molecule has 0 spiro atoms. The van der Waals surface area contributed by atoms with Crippen molar-refractivity contribution >= 4 is 21.8 Å². The van der Waals surface area contributed by atoms with E-state index < -0.39 is 11.7 Å². The van der Waals surface area contributed by atoms with Gasteiger partial charge in [-0.25, -0.2) is 24.9 Å². The van der Waals surface area contributed by atoms with Crippen molar-refractivity contribution in [1.82, 2.24) is 29.5 Å². The van der Waals surface area contributed by atoms with Crippen LogP contribution >= 0.6 is 0 Å². The standard InChI is InChI=1S/C51H33F3N6/c1-32-22-25-39-40-26-24-38(51(52,53)54)30-46(40)60(45(39)28-32)44-27-23-37(49-58-47(35-18-10-4-11-19-35)57-48(59-49)36-20-12-5-13-21-36)29-41(44)50-55-42(33-14-6-2-7-15-33)31-43(56-50)34-16-8-3-9-17-34/h2-31H,1H3. The summed E-state index contributed by atoms with van der Waals surface area (Å²) in [5, 5.41) is 1.51. The van der Waals surface area contributed by atoms with Gasteiger partial charge in [-0.3, -0.25) is 0 Å². The number of hydrogen-bond acceptors (Lipinski definition) is 5. The summed E-state index contributed by atoms with van der Waals surface area (Å²) in [6.45, 7) is 1.97. The maximum atomic E-state index is 14.4. The van der Waals surface area contributed by atoms with Crippen LogP contribution in [0.4, 0.5) is 13.2 Å². The normalized spacial score (nSPS) is 11.7. The summed E-state index contributed by atoms with van der Waals surface area (Å²) in [6.07, 6.45) is -4.55. The van der Waals surface area contributed by atoms with Gasteiger partial charge in [0.1, 0.15) is 0 Å². The molecule has 10 aromatic rings. The van der Waals surface area contributed by atoms with Crippen molar-refractivity contribution in [1.29, 1.82) is 0 Å². The molecule has 0 bridgehead atoms. The summed E-state index contributed by atoms with van der Waals surface area (Å²) in [6, 6.07) is 56.7. The molecule has 0 amide bonds. The van der Waals surface area contributed by atoms with Crippen LogP contribution in [0.3, 0.4) is 0 Å². The Hall–Kier alpha value is -7.78. The van der Waals surface area contributed by atoms with Crippen molar-refractivity contribution < 1.29 is 13.2 Å². The molecule has 9 heteroatoms. The molecule has 7 aromatic carbocycles. The van der Waals surface area contributed by atoms with E-state index in [0.29, 0.717) is 62.4 Å². The average molecular weight is 787 g/mol. The van der Waals surface area contributed by atoms with Crippen molar-refractivity contribution in [2.75, 3.05) is 0 Å². The summed E-state index contributed by atoms with van der Waals surface area (Å²) < 4.78 is 45.2.